The van der Waals surface area contributed by atoms with Crippen LogP contribution in [0.3, 0.4) is 0 Å². The van der Waals surface area contributed by atoms with Gasteiger partial charge in [0.05, 0.1) is 25.2 Å². The van der Waals surface area contributed by atoms with E-state index in [-0.39, 0.29) is 24.9 Å². The lowest BCUT2D eigenvalue weighted by atomic mass is 10.0. The van der Waals surface area contributed by atoms with E-state index in [9.17, 15) is 19.8 Å². The van der Waals surface area contributed by atoms with Crippen LogP contribution < -0.4 is 5.32 Å². The molecule has 0 aliphatic heterocycles. The second kappa shape index (κ2) is 42.2. The third-order valence-electron chi connectivity index (χ3n) is 10.5. The van der Waals surface area contributed by atoms with Crippen LogP contribution >= 0.6 is 0 Å². The van der Waals surface area contributed by atoms with Crippen LogP contribution in [-0.4, -0.2) is 46.9 Å². The van der Waals surface area contributed by atoms with Gasteiger partial charge in [-0.05, 0) is 51.4 Å². The van der Waals surface area contributed by atoms with Crippen molar-refractivity contribution in [2.75, 3.05) is 6.61 Å². The summed E-state index contributed by atoms with van der Waals surface area (Å²) in [5.74, 6) is -0.497. The van der Waals surface area contributed by atoms with Gasteiger partial charge in [-0.3, -0.25) is 9.59 Å². The van der Waals surface area contributed by atoms with E-state index >= 15 is 0 Å². The Kier molecular flexibility index (Phi) is 40.7. The zero-order valence-corrected chi connectivity index (χ0v) is 35.9. The Bertz CT molecular complexity index is 900. The van der Waals surface area contributed by atoms with E-state index in [0.717, 1.165) is 77.0 Å². The topological polar surface area (TPSA) is 95.9 Å². The molecule has 316 valence electrons. The number of aliphatic hydroxyl groups excluding tert-OH is 2. The van der Waals surface area contributed by atoms with Crippen LogP contribution in [0.4, 0.5) is 0 Å². The number of ether oxygens (including phenoxy) is 1. The first kappa shape index (κ1) is 52.1. The lowest BCUT2D eigenvalue weighted by molar-refractivity contribution is -0.151. The third kappa shape index (κ3) is 37.0. The molecule has 0 rings (SSSR count). The zero-order valence-electron chi connectivity index (χ0n) is 35.9. The molecule has 0 spiro atoms. The molecule has 0 heterocycles. The maximum absolute atomic E-state index is 13.1. The molecule has 1 amide bonds. The Morgan fingerprint density at radius 1 is 0.537 bits per heavy atom. The number of carbonyl (C=O) groups excluding carboxylic acids is 2. The van der Waals surface area contributed by atoms with Gasteiger partial charge in [-0.2, -0.15) is 0 Å². The highest BCUT2D eigenvalue weighted by molar-refractivity contribution is 5.77. The first-order chi connectivity index (χ1) is 26.5. The van der Waals surface area contributed by atoms with Crippen LogP contribution in [0, 0.1) is 0 Å². The van der Waals surface area contributed by atoms with Gasteiger partial charge in [-0.25, -0.2) is 0 Å². The van der Waals surface area contributed by atoms with E-state index in [1.807, 2.05) is 0 Å². The Hall–Kier alpha value is -1.92. The minimum Gasteiger partial charge on any atom is -0.462 e. The lowest BCUT2D eigenvalue weighted by Gasteiger charge is -2.24. The Morgan fingerprint density at radius 2 is 0.944 bits per heavy atom. The highest BCUT2D eigenvalue weighted by Gasteiger charge is 2.24. The molecule has 6 nitrogen and oxygen atoms in total. The van der Waals surface area contributed by atoms with Crippen LogP contribution in [0.5, 0.6) is 0 Å². The first-order valence-electron chi connectivity index (χ1n) is 23.2. The molecule has 3 N–H and O–H groups in total. The second-order valence-electron chi connectivity index (χ2n) is 15.9. The number of rotatable bonds is 41. The third-order valence-corrected chi connectivity index (χ3v) is 10.5. The highest BCUT2D eigenvalue weighted by Crippen LogP contribution is 2.17. The van der Waals surface area contributed by atoms with Crippen LogP contribution in [0.1, 0.15) is 233 Å². The Labute approximate surface area is 334 Å². The van der Waals surface area contributed by atoms with Crippen LogP contribution in [-0.2, 0) is 14.3 Å². The molecule has 0 aliphatic carbocycles. The van der Waals surface area contributed by atoms with Crippen molar-refractivity contribution < 1.29 is 24.5 Å². The van der Waals surface area contributed by atoms with Gasteiger partial charge in [0.1, 0.15) is 6.10 Å². The highest BCUT2D eigenvalue weighted by atomic mass is 16.5. The normalized spacial score (nSPS) is 13.6. The minimum atomic E-state index is -0.785. The van der Waals surface area contributed by atoms with Gasteiger partial charge < -0.3 is 20.3 Å². The number of aliphatic hydroxyl groups is 2. The van der Waals surface area contributed by atoms with Gasteiger partial charge in [-0.15, -0.1) is 0 Å². The number of esters is 1. The summed E-state index contributed by atoms with van der Waals surface area (Å²) in [6.07, 6.45) is 47.8. The predicted molar refractivity (Wildman–Crippen MR) is 232 cm³/mol. The molecule has 3 atom stereocenters. The number of allylic oxidation sites excluding steroid dienone is 6. The van der Waals surface area contributed by atoms with Crippen molar-refractivity contribution in [3.8, 4) is 0 Å². The molecule has 0 radical (unpaired) electrons. The molecular formula is C48H89NO5. The van der Waals surface area contributed by atoms with Gasteiger partial charge in [0.15, 0.2) is 0 Å². The number of nitrogens with one attached hydrogen (secondary N) is 1. The number of hydrogen-bond donors (Lipinski definition) is 3. The molecule has 0 aromatic heterocycles. The van der Waals surface area contributed by atoms with Crippen molar-refractivity contribution >= 4 is 11.9 Å². The standard InChI is InChI=1S/C48H89NO5/c1-4-7-10-13-16-19-20-21-22-23-24-25-26-27-29-32-35-38-41-48(53)54-44(39-36-33-30-18-15-12-9-6-3)42-47(52)49-45(43-50)46(51)40-37-34-31-28-17-14-11-8-5-2/h20-25,44-46,50-51H,4-19,26-43H2,1-3H3,(H,49,52)/b21-20+,23-22+,25-24+. The van der Waals surface area contributed by atoms with Gasteiger partial charge in [0, 0.05) is 6.42 Å². The molecule has 0 aliphatic rings. The van der Waals surface area contributed by atoms with Crippen LogP contribution in [0.2, 0.25) is 0 Å². The van der Waals surface area contributed by atoms with Crippen LogP contribution in [0.25, 0.3) is 0 Å². The number of amides is 1. The number of carbonyl (C=O) groups is 2. The summed E-state index contributed by atoms with van der Waals surface area (Å²) in [6, 6.07) is -0.699. The van der Waals surface area contributed by atoms with Crippen molar-refractivity contribution in [3.05, 3.63) is 36.5 Å². The predicted octanol–water partition coefficient (Wildman–Crippen LogP) is 13.3. The number of hydrogen-bond acceptors (Lipinski definition) is 5. The first-order valence-corrected chi connectivity index (χ1v) is 23.2. The molecular weight excluding hydrogens is 671 g/mol. The average Bonchev–Trinajstić information content (AvgIpc) is 3.16. The Morgan fingerprint density at radius 3 is 1.41 bits per heavy atom. The van der Waals surface area contributed by atoms with E-state index in [2.05, 4.69) is 62.5 Å². The van der Waals surface area contributed by atoms with Crippen molar-refractivity contribution in [1.82, 2.24) is 5.32 Å². The summed E-state index contributed by atoms with van der Waals surface area (Å²) in [6.45, 7) is 6.41. The van der Waals surface area contributed by atoms with Crippen molar-refractivity contribution in [1.29, 1.82) is 0 Å². The minimum absolute atomic E-state index is 0.0710. The molecule has 0 saturated heterocycles. The molecule has 0 aromatic carbocycles. The quantitative estimate of drug-likeness (QED) is 0.0328. The van der Waals surface area contributed by atoms with Gasteiger partial charge in [0.25, 0.3) is 0 Å². The van der Waals surface area contributed by atoms with Gasteiger partial charge in [-0.1, -0.05) is 205 Å². The summed E-state index contributed by atoms with van der Waals surface area (Å²) in [5.41, 5.74) is 0. The fourth-order valence-corrected chi connectivity index (χ4v) is 6.96. The molecule has 0 bridgehead atoms. The van der Waals surface area contributed by atoms with Crippen molar-refractivity contribution in [3.63, 3.8) is 0 Å². The summed E-state index contributed by atoms with van der Waals surface area (Å²) in [7, 11) is 0. The maximum Gasteiger partial charge on any atom is 0.306 e. The summed E-state index contributed by atoms with van der Waals surface area (Å²) >= 11 is 0. The summed E-state index contributed by atoms with van der Waals surface area (Å²) < 4.78 is 5.88. The van der Waals surface area contributed by atoms with E-state index in [0.29, 0.717) is 19.3 Å². The van der Waals surface area contributed by atoms with Crippen molar-refractivity contribution in [2.45, 2.75) is 251 Å². The van der Waals surface area contributed by atoms with E-state index in [4.69, 9.17) is 4.74 Å². The van der Waals surface area contributed by atoms with E-state index < -0.39 is 18.2 Å². The Balaban J connectivity index is 4.48. The lowest BCUT2D eigenvalue weighted by Crippen LogP contribution is -2.46. The monoisotopic (exact) mass is 760 g/mol. The van der Waals surface area contributed by atoms with Gasteiger partial charge in [0.2, 0.25) is 5.91 Å². The van der Waals surface area contributed by atoms with Crippen molar-refractivity contribution in [2.24, 2.45) is 0 Å². The number of unbranched alkanes of at least 4 members (excludes halogenated alkanes) is 25. The zero-order chi connectivity index (χ0) is 39.6. The fourth-order valence-electron chi connectivity index (χ4n) is 6.96. The molecule has 3 unspecified atom stereocenters. The molecule has 0 aromatic rings. The van der Waals surface area contributed by atoms with Crippen LogP contribution in [0.15, 0.2) is 36.5 Å². The second-order valence-corrected chi connectivity index (χ2v) is 15.9. The summed E-state index contributed by atoms with van der Waals surface area (Å²) in [5, 5.41) is 23.5. The van der Waals surface area contributed by atoms with Gasteiger partial charge >= 0.3 is 5.97 Å². The molecule has 6 heteroatoms. The van der Waals surface area contributed by atoms with E-state index in [1.165, 1.54) is 109 Å². The average molecular weight is 760 g/mol. The largest absolute Gasteiger partial charge is 0.462 e. The smallest absolute Gasteiger partial charge is 0.306 e. The molecule has 0 fully saturated rings. The summed E-state index contributed by atoms with van der Waals surface area (Å²) in [4.78, 5) is 25.9. The van der Waals surface area contributed by atoms with E-state index in [1.54, 1.807) is 0 Å². The molecule has 54 heavy (non-hydrogen) atoms. The SMILES string of the molecule is CCCCCCC/C=C/C=C/C=C/CCCCCCCC(=O)OC(CCCCCCCCCC)CC(=O)NC(CO)C(O)CCCCCCCCCCC. The maximum atomic E-state index is 13.1. The fraction of sp³-hybridized carbons (Fsp3) is 0.833. The molecule has 0 saturated carbocycles.